The Bertz CT molecular complexity index is 1260. The number of aromatic nitrogens is 1. The van der Waals surface area contributed by atoms with Crippen molar-refractivity contribution >= 4 is 34.6 Å². The Labute approximate surface area is 221 Å². The highest BCUT2D eigenvalue weighted by Crippen LogP contribution is 2.19. The van der Waals surface area contributed by atoms with Crippen LogP contribution in [-0.2, 0) is 32.0 Å². The number of carbonyl (C=O) groups excluding carboxylic acids is 3. The fourth-order valence-electron chi connectivity index (χ4n) is 4.10. The van der Waals surface area contributed by atoms with E-state index >= 15 is 0 Å². The maximum atomic E-state index is 13.1. The maximum Gasteiger partial charge on any atom is 0.326 e. The molecule has 10 nitrogen and oxygen atoms in total. The summed E-state index contributed by atoms with van der Waals surface area (Å²) in [5.41, 5.74) is 8.54. The standard InChI is InChI=1S/C28H35N5O5/c1-3-17(2)25(29)27(36)33-22(14-19-15-30-21-12-8-7-11-20(19)21)26(35)31-16-24(34)32-23(28(37)38)13-18-9-5-4-6-10-18/h4-12,15,17,22-23,25,30H,3,13-14,16,29H2,1-2H3,(H,31,35)(H,32,34)(H,33,36)(H,37,38). The Kier molecular flexibility index (Phi) is 10.0. The molecule has 1 heterocycles. The summed E-state index contributed by atoms with van der Waals surface area (Å²) < 4.78 is 0. The average molecular weight is 522 g/mol. The first-order chi connectivity index (χ1) is 18.2. The summed E-state index contributed by atoms with van der Waals surface area (Å²) in [6, 6.07) is 13.6. The van der Waals surface area contributed by atoms with Crippen LogP contribution in [0.2, 0.25) is 0 Å². The summed E-state index contributed by atoms with van der Waals surface area (Å²) in [4.78, 5) is 53.3. The number of amides is 3. The highest BCUT2D eigenvalue weighted by molar-refractivity contribution is 5.93. The van der Waals surface area contributed by atoms with E-state index < -0.39 is 48.4 Å². The molecule has 0 aliphatic carbocycles. The Morgan fingerprint density at radius 2 is 1.61 bits per heavy atom. The first-order valence-electron chi connectivity index (χ1n) is 12.6. The van der Waals surface area contributed by atoms with E-state index in [4.69, 9.17) is 5.73 Å². The lowest BCUT2D eigenvalue weighted by atomic mass is 9.98. The van der Waals surface area contributed by atoms with Crippen molar-refractivity contribution in [2.24, 2.45) is 11.7 Å². The maximum absolute atomic E-state index is 13.1. The smallest absolute Gasteiger partial charge is 0.326 e. The molecule has 4 unspecified atom stereocenters. The van der Waals surface area contributed by atoms with Gasteiger partial charge in [0, 0.05) is 29.9 Å². The van der Waals surface area contributed by atoms with Crippen LogP contribution >= 0.6 is 0 Å². The Balaban J connectivity index is 1.68. The summed E-state index contributed by atoms with van der Waals surface area (Å²) >= 11 is 0. The normalized spacial score (nSPS) is 14.2. The lowest BCUT2D eigenvalue weighted by Crippen LogP contribution is -2.55. The van der Waals surface area contributed by atoms with Crippen molar-refractivity contribution in [2.45, 2.75) is 51.2 Å². The number of nitrogens with one attached hydrogen (secondary N) is 4. The zero-order valence-corrected chi connectivity index (χ0v) is 21.6. The van der Waals surface area contributed by atoms with Crippen molar-refractivity contribution in [2.75, 3.05) is 6.54 Å². The number of H-pyrrole nitrogens is 1. The number of aliphatic carboxylic acids is 1. The van der Waals surface area contributed by atoms with Crippen LogP contribution in [0.4, 0.5) is 0 Å². The zero-order valence-electron chi connectivity index (χ0n) is 21.6. The molecule has 0 aliphatic rings. The lowest BCUT2D eigenvalue weighted by molar-refractivity contribution is -0.141. The molecule has 2 aromatic carbocycles. The van der Waals surface area contributed by atoms with Crippen molar-refractivity contribution < 1.29 is 24.3 Å². The van der Waals surface area contributed by atoms with Gasteiger partial charge in [0.05, 0.1) is 12.6 Å². The number of aromatic amines is 1. The Morgan fingerprint density at radius 3 is 2.29 bits per heavy atom. The largest absolute Gasteiger partial charge is 0.480 e. The van der Waals surface area contributed by atoms with Gasteiger partial charge in [-0.25, -0.2) is 4.79 Å². The van der Waals surface area contributed by atoms with Crippen molar-refractivity contribution in [3.05, 3.63) is 71.9 Å². The molecule has 0 fully saturated rings. The van der Waals surface area contributed by atoms with E-state index in [1.807, 2.05) is 44.2 Å². The molecular weight excluding hydrogens is 486 g/mol. The number of hydrogen-bond acceptors (Lipinski definition) is 5. The monoisotopic (exact) mass is 521 g/mol. The number of hydrogen-bond donors (Lipinski definition) is 6. The van der Waals surface area contributed by atoms with Crippen molar-refractivity contribution in [3.8, 4) is 0 Å². The number of benzene rings is 2. The second-order valence-electron chi connectivity index (χ2n) is 9.40. The second kappa shape index (κ2) is 13.4. The minimum absolute atomic E-state index is 0.0878. The van der Waals surface area contributed by atoms with Gasteiger partial charge in [-0.2, -0.15) is 0 Å². The van der Waals surface area contributed by atoms with Crippen LogP contribution in [-0.4, -0.2) is 58.5 Å². The number of fused-ring (bicyclic) bond motifs is 1. The van der Waals surface area contributed by atoms with E-state index in [2.05, 4.69) is 20.9 Å². The third-order valence-corrected chi connectivity index (χ3v) is 6.63. The number of rotatable bonds is 13. The van der Waals surface area contributed by atoms with E-state index in [-0.39, 0.29) is 18.8 Å². The molecule has 0 saturated carbocycles. The Morgan fingerprint density at radius 1 is 0.921 bits per heavy atom. The van der Waals surface area contributed by atoms with Crippen molar-refractivity contribution in [3.63, 3.8) is 0 Å². The van der Waals surface area contributed by atoms with Gasteiger partial charge in [-0.15, -0.1) is 0 Å². The predicted molar refractivity (Wildman–Crippen MR) is 144 cm³/mol. The van der Waals surface area contributed by atoms with Crippen molar-refractivity contribution in [1.82, 2.24) is 20.9 Å². The summed E-state index contributed by atoms with van der Waals surface area (Å²) in [7, 11) is 0. The van der Waals surface area contributed by atoms with Gasteiger partial charge in [0.2, 0.25) is 17.7 Å². The number of carboxylic acids is 1. The van der Waals surface area contributed by atoms with E-state index in [0.29, 0.717) is 6.42 Å². The average Bonchev–Trinajstić information content (AvgIpc) is 3.33. The zero-order chi connectivity index (χ0) is 27.7. The third-order valence-electron chi connectivity index (χ3n) is 6.63. The minimum atomic E-state index is -1.18. The predicted octanol–water partition coefficient (Wildman–Crippen LogP) is 1.50. The van der Waals surface area contributed by atoms with E-state index in [1.54, 1.807) is 30.5 Å². The molecule has 3 rings (SSSR count). The van der Waals surface area contributed by atoms with Crippen LogP contribution in [0.15, 0.2) is 60.8 Å². The molecule has 10 heteroatoms. The SMILES string of the molecule is CCC(C)C(N)C(=O)NC(Cc1c[nH]c2ccccc12)C(=O)NCC(=O)NC(Cc1ccccc1)C(=O)O. The van der Waals surface area contributed by atoms with Crippen LogP contribution in [0.1, 0.15) is 31.4 Å². The van der Waals surface area contributed by atoms with Gasteiger partial charge >= 0.3 is 5.97 Å². The van der Waals surface area contributed by atoms with E-state index in [1.165, 1.54) is 0 Å². The lowest BCUT2D eigenvalue weighted by Gasteiger charge is -2.23. The molecule has 0 radical (unpaired) electrons. The summed E-state index contributed by atoms with van der Waals surface area (Å²) in [6.07, 6.45) is 2.74. The molecule has 1 aromatic heterocycles. The van der Waals surface area contributed by atoms with Crippen LogP contribution < -0.4 is 21.7 Å². The van der Waals surface area contributed by atoms with Crippen LogP contribution in [0, 0.1) is 5.92 Å². The molecule has 38 heavy (non-hydrogen) atoms. The fraction of sp³-hybridized carbons (Fsp3) is 0.357. The minimum Gasteiger partial charge on any atom is -0.480 e. The Hall–Kier alpha value is -4.18. The number of para-hydroxylation sites is 1. The molecule has 0 saturated heterocycles. The molecular formula is C28H35N5O5. The quantitative estimate of drug-likeness (QED) is 0.199. The molecule has 0 spiro atoms. The fourth-order valence-corrected chi connectivity index (χ4v) is 4.10. The van der Waals surface area contributed by atoms with Gasteiger partial charge in [-0.1, -0.05) is 68.8 Å². The summed E-state index contributed by atoms with van der Waals surface area (Å²) in [5.74, 6) is -2.97. The van der Waals surface area contributed by atoms with E-state index in [9.17, 15) is 24.3 Å². The molecule has 4 atom stereocenters. The van der Waals surface area contributed by atoms with E-state index in [0.717, 1.165) is 22.0 Å². The van der Waals surface area contributed by atoms with Gasteiger partial charge in [-0.3, -0.25) is 14.4 Å². The molecule has 0 bridgehead atoms. The van der Waals surface area contributed by atoms with Gasteiger partial charge < -0.3 is 31.8 Å². The van der Waals surface area contributed by atoms with Crippen molar-refractivity contribution in [1.29, 1.82) is 0 Å². The highest BCUT2D eigenvalue weighted by atomic mass is 16.4. The highest BCUT2D eigenvalue weighted by Gasteiger charge is 2.28. The number of nitrogens with two attached hydrogens (primary N) is 1. The summed E-state index contributed by atoms with van der Waals surface area (Å²) in [6.45, 7) is 3.33. The van der Waals surface area contributed by atoms with Gasteiger partial charge in [-0.05, 0) is 23.1 Å². The third kappa shape index (κ3) is 7.66. The van der Waals surface area contributed by atoms with Crippen LogP contribution in [0.5, 0.6) is 0 Å². The molecule has 202 valence electrons. The topological polar surface area (TPSA) is 166 Å². The summed E-state index contributed by atoms with van der Waals surface area (Å²) in [5, 5.41) is 18.2. The molecule has 0 aliphatic heterocycles. The number of carboxylic acid groups (broad SMARTS) is 1. The number of carbonyl (C=O) groups is 4. The van der Waals surface area contributed by atoms with Crippen LogP contribution in [0.3, 0.4) is 0 Å². The van der Waals surface area contributed by atoms with Gasteiger partial charge in [0.25, 0.3) is 0 Å². The molecule has 3 amide bonds. The first kappa shape index (κ1) is 28.4. The first-order valence-corrected chi connectivity index (χ1v) is 12.6. The van der Waals surface area contributed by atoms with Gasteiger partial charge in [0.15, 0.2) is 0 Å². The second-order valence-corrected chi connectivity index (χ2v) is 9.40. The molecule has 7 N–H and O–H groups in total. The van der Waals surface area contributed by atoms with Gasteiger partial charge in [0.1, 0.15) is 12.1 Å². The van der Waals surface area contributed by atoms with Crippen LogP contribution in [0.25, 0.3) is 10.9 Å². The molecule has 3 aromatic rings.